The maximum absolute atomic E-state index is 13.9. The Morgan fingerprint density at radius 3 is 2.62 bits per heavy atom. The number of hydrogen-bond acceptors (Lipinski definition) is 5. The van der Waals surface area contributed by atoms with Crippen LogP contribution in [0, 0.1) is 17.6 Å². The quantitative estimate of drug-likeness (QED) is 0.796. The Bertz CT molecular complexity index is 945. The molecule has 0 radical (unpaired) electrons. The number of aromatic nitrogens is 1. The first kappa shape index (κ1) is 19.1. The number of nitrogens with zero attached hydrogens (tertiary/aromatic N) is 2. The highest BCUT2D eigenvalue weighted by atomic mass is 19.1. The number of carbonyl (C=O) groups excluding carboxylic acids is 2. The van der Waals surface area contributed by atoms with Gasteiger partial charge in [0.2, 0.25) is 5.75 Å². The van der Waals surface area contributed by atoms with Crippen LogP contribution in [0.15, 0.2) is 30.5 Å². The van der Waals surface area contributed by atoms with Crippen LogP contribution in [-0.2, 0) is 0 Å². The lowest BCUT2D eigenvalue weighted by molar-refractivity contribution is 0.0854. The lowest BCUT2D eigenvalue weighted by atomic mass is 9.89. The number of carbonyl (C=O) groups is 2. The Morgan fingerprint density at radius 2 is 1.86 bits per heavy atom. The Labute approximate surface area is 165 Å². The highest BCUT2D eigenvalue weighted by Crippen LogP contribution is 2.35. The van der Waals surface area contributed by atoms with E-state index in [-0.39, 0.29) is 17.4 Å². The summed E-state index contributed by atoms with van der Waals surface area (Å²) in [6.07, 6.45) is 2.32. The number of benzene rings is 1. The van der Waals surface area contributed by atoms with Gasteiger partial charge in [0.1, 0.15) is 24.8 Å². The second kappa shape index (κ2) is 8.02. The molecule has 1 fully saturated rings. The van der Waals surface area contributed by atoms with Crippen molar-refractivity contribution in [2.45, 2.75) is 12.8 Å². The fourth-order valence-electron chi connectivity index (χ4n) is 3.50. The number of urea groups is 1. The zero-order chi connectivity index (χ0) is 20.4. The van der Waals surface area contributed by atoms with E-state index in [9.17, 15) is 18.4 Å². The van der Waals surface area contributed by atoms with Crippen molar-refractivity contribution in [1.82, 2.24) is 9.88 Å². The number of likely N-dealkylation sites (tertiary alicyclic amines) is 1. The Kier molecular flexibility index (Phi) is 5.28. The van der Waals surface area contributed by atoms with Gasteiger partial charge in [0.15, 0.2) is 5.78 Å². The van der Waals surface area contributed by atoms with Gasteiger partial charge in [0.05, 0.1) is 11.3 Å². The molecule has 9 heteroatoms. The fraction of sp³-hybridized carbons (Fsp3) is 0.350. The highest BCUT2D eigenvalue weighted by Gasteiger charge is 2.30. The Hall–Kier alpha value is -3.23. The normalized spacial score (nSPS) is 16.4. The summed E-state index contributed by atoms with van der Waals surface area (Å²) in [7, 11) is 0. The Balaban J connectivity index is 1.37. The van der Waals surface area contributed by atoms with Crippen LogP contribution in [0.25, 0.3) is 0 Å². The van der Waals surface area contributed by atoms with Gasteiger partial charge in [-0.05, 0) is 31.0 Å². The number of amides is 2. The molecule has 0 bridgehead atoms. The number of hydrogen-bond donors (Lipinski definition) is 1. The molecule has 152 valence electrons. The van der Waals surface area contributed by atoms with E-state index in [0.29, 0.717) is 62.5 Å². The summed E-state index contributed by atoms with van der Waals surface area (Å²) in [5.41, 5.74) is 0.348. The van der Waals surface area contributed by atoms with Crippen LogP contribution >= 0.6 is 0 Å². The summed E-state index contributed by atoms with van der Waals surface area (Å²) >= 11 is 0. The molecule has 1 saturated heterocycles. The van der Waals surface area contributed by atoms with Gasteiger partial charge in [-0.1, -0.05) is 0 Å². The number of rotatable bonds is 3. The van der Waals surface area contributed by atoms with Gasteiger partial charge in [-0.15, -0.1) is 0 Å². The van der Waals surface area contributed by atoms with Crippen LogP contribution in [0.1, 0.15) is 23.2 Å². The number of fused-ring (bicyclic) bond motifs is 1. The van der Waals surface area contributed by atoms with Crippen molar-refractivity contribution in [1.29, 1.82) is 0 Å². The summed E-state index contributed by atoms with van der Waals surface area (Å²) in [6, 6.07) is 4.24. The molecule has 0 unspecified atom stereocenters. The van der Waals surface area contributed by atoms with Crippen LogP contribution in [0.2, 0.25) is 0 Å². The highest BCUT2D eigenvalue weighted by molar-refractivity contribution is 5.98. The van der Waals surface area contributed by atoms with Gasteiger partial charge in [0, 0.05) is 31.3 Å². The summed E-state index contributed by atoms with van der Waals surface area (Å²) in [5, 5.41) is 2.79. The van der Waals surface area contributed by atoms with Crippen LogP contribution in [0.4, 0.5) is 19.3 Å². The van der Waals surface area contributed by atoms with Gasteiger partial charge in [-0.3, -0.25) is 4.79 Å². The maximum atomic E-state index is 13.9. The van der Waals surface area contributed by atoms with E-state index in [0.717, 1.165) is 6.07 Å². The lowest BCUT2D eigenvalue weighted by Gasteiger charge is -2.31. The predicted molar refractivity (Wildman–Crippen MR) is 99.2 cm³/mol. The van der Waals surface area contributed by atoms with Crippen LogP contribution < -0.4 is 14.8 Å². The van der Waals surface area contributed by atoms with E-state index in [2.05, 4.69) is 10.3 Å². The zero-order valence-corrected chi connectivity index (χ0v) is 15.5. The molecule has 29 heavy (non-hydrogen) atoms. The molecule has 2 aromatic rings. The topological polar surface area (TPSA) is 80.8 Å². The van der Waals surface area contributed by atoms with Crippen molar-refractivity contribution in [3.05, 3.63) is 47.7 Å². The second-order valence-corrected chi connectivity index (χ2v) is 6.87. The molecule has 0 saturated carbocycles. The van der Waals surface area contributed by atoms with Crippen LogP contribution in [-0.4, -0.2) is 48.0 Å². The standard InChI is InChI=1S/C20H19F2N3O4/c21-13-1-2-14(15(22)11-13)17(26)12-4-7-25(8-5-12)20(27)24-16-3-6-23-19-18(16)28-9-10-29-19/h1-3,6,11-12H,4-5,7-10H2,(H,23,24,27). The lowest BCUT2D eigenvalue weighted by Crippen LogP contribution is -2.42. The van der Waals surface area contributed by atoms with Crippen LogP contribution in [0.3, 0.4) is 0 Å². The molecular weight excluding hydrogens is 384 g/mol. The first-order valence-corrected chi connectivity index (χ1v) is 9.32. The average Bonchev–Trinajstić information content (AvgIpc) is 2.74. The molecule has 2 aliphatic rings. The van der Waals surface area contributed by atoms with E-state index >= 15 is 0 Å². The number of ether oxygens (including phenoxy) is 2. The molecule has 1 aromatic carbocycles. The number of ketones is 1. The van der Waals surface area contributed by atoms with Crippen LogP contribution in [0.5, 0.6) is 11.6 Å². The van der Waals surface area contributed by atoms with Crippen molar-refractivity contribution in [3.63, 3.8) is 0 Å². The molecule has 4 rings (SSSR count). The summed E-state index contributed by atoms with van der Waals surface area (Å²) in [6.45, 7) is 1.45. The van der Waals surface area contributed by atoms with E-state index in [1.165, 1.54) is 12.3 Å². The first-order valence-electron chi connectivity index (χ1n) is 9.32. The summed E-state index contributed by atoms with van der Waals surface area (Å²) < 4.78 is 37.9. The second-order valence-electron chi connectivity index (χ2n) is 6.87. The first-order chi connectivity index (χ1) is 14.0. The third kappa shape index (κ3) is 3.98. The third-order valence-corrected chi connectivity index (χ3v) is 5.03. The van der Waals surface area contributed by atoms with Gasteiger partial charge in [-0.25, -0.2) is 18.6 Å². The van der Waals surface area contributed by atoms with E-state index in [4.69, 9.17) is 9.47 Å². The van der Waals surface area contributed by atoms with Crippen molar-refractivity contribution in [2.75, 3.05) is 31.6 Å². The SMILES string of the molecule is O=C(c1ccc(F)cc1F)C1CCN(C(=O)Nc2ccnc3c2OCCO3)CC1. The minimum atomic E-state index is -0.861. The minimum absolute atomic E-state index is 0.116. The molecule has 0 spiro atoms. The summed E-state index contributed by atoms with van der Waals surface area (Å²) in [4.78, 5) is 30.8. The van der Waals surface area contributed by atoms with E-state index < -0.39 is 17.6 Å². The smallest absolute Gasteiger partial charge is 0.321 e. The predicted octanol–water partition coefficient (Wildman–Crippen LogP) is 3.26. The van der Waals surface area contributed by atoms with Gasteiger partial charge in [0.25, 0.3) is 5.88 Å². The van der Waals surface area contributed by atoms with Crippen molar-refractivity contribution < 1.29 is 27.8 Å². The minimum Gasteiger partial charge on any atom is -0.483 e. The molecular formula is C20H19F2N3O4. The monoisotopic (exact) mass is 403 g/mol. The number of anilines is 1. The molecule has 7 nitrogen and oxygen atoms in total. The number of halogens is 2. The van der Waals surface area contributed by atoms with Crippen molar-refractivity contribution >= 4 is 17.5 Å². The molecule has 0 atom stereocenters. The third-order valence-electron chi connectivity index (χ3n) is 5.03. The maximum Gasteiger partial charge on any atom is 0.321 e. The molecule has 2 amide bonds. The zero-order valence-electron chi connectivity index (χ0n) is 15.5. The summed E-state index contributed by atoms with van der Waals surface area (Å²) in [5.74, 6) is -1.64. The number of piperidine rings is 1. The molecule has 1 N–H and O–H groups in total. The van der Waals surface area contributed by atoms with Gasteiger partial charge in [-0.2, -0.15) is 0 Å². The Morgan fingerprint density at radius 1 is 1.10 bits per heavy atom. The van der Waals surface area contributed by atoms with Gasteiger partial charge >= 0.3 is 6.03 Å². The molecule has 1 aromatic heterocycles. The van der Waals surface area contributed by atoms with Crippen molar-refractivity contribution in [2.24, 2.45) is 5.92 Å². The fourth-order valence-corrected chi connectivity index (χ4v) is 3.50. The number of Topliss-reactive ketones (excluding diaryl/α,β-unsaturated/α-hetero) is 1. The largest absolute Gasteiger partial charge is 0.483 e. The number of pyridine rings is 1. The molecule has 0 aliphatic carbocycles. The van der Waals surface area contributed by atoms with Crippen molar-refractivity contribution in [3.8, 4) is 11.6 Å². The molecule has 3 heterocycles. The number of nitrogens with one attached hydrogen (secondary N) is 1. The molecule has 2 aliphatic heterocycles. The van der Waals surface area contributed by atoms with E-state index in [1.807, 2.05) is 0 Å². The van der Waals surface area contributed by atoms with Gasteiger partial charge < -0.3 is 19.7 Å². The average molecular weight is 403 g/mol. The van der Waals surface area contributed by atoms with E-state index in [1.54, 1.807) is 11.0 Å².